The molecule has 2 aromatic rings. The van der Waals surface area contributed by atoms with Crippen LogP contribution in [0.1, 0.15) is 31.1 Å². The lowest BCUT2D eigenvalue weighted by molar-refractivity contribution is 0.385. The van der Waals surface area contributed by atoms with Crippen LogP contribution < -0.4 is 14.2 Å². The summed E-state index contributed by atoms with van der Waals surface area (Å²) in [6.07, 6.45) is 1.69. The zero-order chi connectivity index (χ0) is 17.9. The standard InChI is InChI=1S/C16H23N3O4S/c1-6-19-12(3)14(10-17-19)11(2)18-24(20,21)16-8-7-13(22-4)9-15(16)23-5/h7-11,18H,6H2,1-5H3. The topological polar surface area (TPSA) is 82.5 Å². The summed E-state index contributed by atoms with van der Waals surface area (Å²) in [4.78, 5) is 0.0678. The average Bonchev–Trinajstić information content (AvgIpc) is 2.94. The largest absolute Gasteiger partial charge is 0.497 e. The summed E-state index contributed by atoms with van der Waals surface area (Å²) in [5, 5.41) is 4.26. The molecular formula is C16H23N3O4S. The lowest BCUT2D eigenvalue weighted by Crippen LogP contribution is -2.27. The van der Waals surface area contributed by atoms with E-state index < -0.39 is 16.1 Å². The van der Waals surface area contributed by atoms with Gasteiger partial charge in [0, 0.05) is 29.9 Å². The number of ether oxygens (including phenoxy) is 2. The van der Waals surface area contributed by atoms with Gasteiger partial charge in [-0.25, -0.2) is 13.1 Å². The molecule has 1 heterocycles. The fourth-order valence-electron chi connectivity index (χ4n) is 2.56. The predicted molar refractivity (Wildman–Crippen MR) is 90.9 cm³/mol. The first kappa shape index (κ1) is 18.3. The molecule has 8 heteroatoms. The maximum Gasteiger partial charge on any atom is 0.244 e. The van der Waals surface area contributed by atoms with Gasteiger partial charge >= 0.3 is 0 Å². The molecule has 7 nitrogen and oxygen atoms in total. The minimum absolute atomic E-state index is 0.0678. The second kappa shape index (κ2) is 7.23. The van der Waals surface area contributed by atoms with Crippen molar-refractivity contribution in [2.45, 2.75) is 38.3 Å². The Morgan fingerprint density at radius 2 is 2.00 bits per heavy atom. The average molecular weight is 353 g/mol. The highest BCUT2D eigenvalue weighted by molar-refractivity contribution is 7.89. The highest BCUT2D eigenvalue weighted by Crippen LogP contribution is 2.29. The first-order valence-corrected chi connectivity index (χ1v) is 9.09. The summed E-state index contributed by atoms with van der Waals surface area (Å²) in [6, 6.07) is 4.18. The lowest BCUT2D eigenvalue weighted by atomic mass is 10.1. The van der Waals surface area contributed by atoms with Crippen molar-refractivity contribution < 1.29 is 17.9 Å². The molecule has 0 aliphatic rings. The molecule has 1 aromatic carbocycles. The van der Waals surface area contributed by atoms with Crippen LogP contribution in [0.3, 0.4) is 0 Å². The number of hydrogen-bond donors (Lipinski definition) is 1. The second-order valence-corrected chi connectivity index (χ2v) is 7.04. The molecule has 1 unspecified atom stereocenters. The van der Waals surface area contributed by atoms with Crippen molar-refractivity contribution in [2.24, 2.45) is 0 Å². The van der Waals surface area contributed by atoms with Crippen molar-refractivity contribution in [3.8, 4) is 11.5 Å². The monoisotopic (exact) mass is 353 g/mol. The molecule has 0 fully saturated rings. The first-order chi connectivity index (χ1) is 11.3. The van der Waals surface area contributed by atoms with Gasteiger partial charge in [-0.1, -0.05) is 0 Å². The maximum absolute atomic E-state index is 12.7. The molecule has 1 atom stereocenters. The van der Waals surface area contributed by atoms with Gasteiger partial charge in [0.05, 0.1) is 20.4 Å². The number of nitrogens with zero attached hydrogens (tertiary/aromatic N) is 2. The number of aryl methyl sites for hydroxylation is 1. The van der Waals surface area contributed by atoms with Crippen LogP contribution in [0.4, 0.5) is 0 Å². The van der Waals surface area contributed by atoms with Crippen molar-refractivity contribution in [3.05, 3.63) is 35.7 Å². The number of rotatable bonds is 7. The minimum Gasteiger partial charge on any atom is -0.497 e. The van der Waals surface area contributed by atoms with Crippen molar-refractivity contribution in [2.75, 3.05) is 14.2 Å². The fraction of sp³-hybridized carbons (Fsp3) is 0.438. The summed E-state index contributed by atoms with van der Waals surface area (Å²) in [7, 11) is -0.823. The number of sulfonamides is 1. The molecule has 1 N–H and O–H groups in total. The number of benzene rings is 1. The Balaban J connectivity index is 2.32. The van der Waals surface area contributed by atoms with Gasteiger partial charge in [0.15, 0.2) is 0 Å². The summed E-state index contributed by atoms with van der Waals surface area (Å²) in [5.74, 6) is 0.758. The Bertz CT molecular complexity index is 815. The van der Waals surface area contributed by atoms with E-state index in [1.54, 1.807) is 25.3 Å². The van der Waals surface area contributed by atoms with E-state index in [2.05, 4.69) is 9.82 Å². The molecule has 132 valence electrons. The third kappa shape index (κ3) is 3.54. The minimum atomic E-state index is -3.76. The van der Waals surface area contributed by atoms with E-state index in [1.165, 1.54) is 20.3 Å². The highest BCUT2D eigenvalue weighted by atomic mass is 32.2. The zero-order valence-electron chi connectivity index (χ0n) is 14.5. The molecule has 0 saturated carbocycles. The predicted octanol–water partition coefficient (Wildman–Crippen LogP) is 2.27. The Hall–Kier alpha value is -2.06. The third-order valence-electron chi connectivity index (χ3n) is 3.90. The van der Waals surface area contributed by atoms with E-state index in [1.807, 2.05) is 18.5 Å². The molecule has 2 rings (SSSR count). The van der Waals surface area contributed by atoms with E-state index in [0.29, 0.717) is 5.75 Å². The van der Waals surface area contributed by atoms with Crippen molar-refractivity contribution >= 4 is 10.0 Å². The van der Waals surface area contributed by atoms with Gasteiger partial charge in [0.25, 0.3) is 0 Å². The molecule has 0 aliphatic heterocycles. The molecule has 0 aliphatic carbocycles. The van der Waals surface area contributed by atoms with E-state index in [0.717, 1.165) is 17.8 Å². The Morgan fingerprint density at radius 1 is 1.29 bits per heavy atom. The smallest absolute Gasteiger partial charge is 0.244 e. The third-order valence-corrected chi connectivity index (χ3v) is 5.48. The Kier molecular flexibility index (Phi) is 5.51. The number of methoxy groups -OCH3 is 2. The number of aromatic nitrogens is 2. The van der Waals surface area contributed by atoms with Crippen molar-refractivity contribution in [3.63, 3.8) is 0 Å². The van der Waals surface area contributed by atoms with Crippen LogP contribution in [-0.2, 0) is 16.6 Å². The normalized spacial score (nSPS) is 12.9. The summed E-state index contributed by atoms with van der Waals surface area (Å²) in [5.41, 5.74) is 1.78. The van der Waals surface area contributed by atoms with Crippen molar-refractivity contribution in [1.82, 2.24) is 14.5 Å². The molecule has 0 bridgehead atoms. The number of hydrogen-bond acceptors (Lipinski definition) is 5. The second-order valence-electron chi connectivity index (χ2n) is 5.36. The van der Waals surface area contributed by atoms with Gasteiger partial charge in [0.1, 0.15) is 16.4 Å². The quantitative estimate of drug-likeness (QED) is 0.826. The molecule has 0 amide bonds. The SMILES string of the molecule is CCn1ncc(C(C)NS(=O)(=O)c2ccc(OC)cc2OC)c1C. The summed E-state index contributed by atoms with van der Waals surface area (Å²) >= 11 is 0. The molecule has 24 heavy (non-hydrogen) atoms. The fourth-order valence-corrected chi connectivity index (χ4v) is 3.94. The van der Waals surface area contributed by atoms with Gasteiger partial charge in [-0.3, -0.25) is 4.68 Å². The van der Waals surface area contributed by atoms with Gasteiger partial charge in [-0.05, 0) is 32.9 Å². The Morgan fingerprint density at radius 3 is 2.54 bits per heavy atom. The van der Waals surface area contributed by atoms with Crippen LogP contribution in [0.25, 0.3) is 0 Å². The zero-order valence-corrected chi connectivity index (χ0v) is 15.3. The maximum atomic E-state index is 12.7. The van der Waals surface area contributed by atoms with E-state index in [4.69, 9.17) is 9.47 Å². The first-order valence-electron chi connectivity index (χ1n) is 7.60. The number of nitrogens with one attached hydrogen (secondary N) is 1. The molecule has 0 radical (unpaired) electrons. The van der Waals surface area contributed by atoms with Crippen LogP contribution in [-0.4, -0.2) is 32.4 Å². The lowest BCUT2D eigenvalue weighted by Gasteiger charge is -2.16. The van der Waals surface area contributed by atoms with Crippen molar-refractivity contribution in [1.29, 1.82) is 0 Å². The van der Waals surface area contributed by atoms with Gasteiger partial charge in [-0.15, -0.1) is 0 Å². The van der Waals surface area contributed by atoms with Crippen LogP contribution in [0.5, 0.6) is 11.5 Å². The van der Waals surface area contributed by atoms with E-state index in [9.17, 15) is 8.42 Å². The molecule has 0 saturated heterocycles. The Labute approximate surface area is 142 Å². The van der Waals surface area contributed by atoms with Gasteiger partial charge < -0.3 is 9.47 Å². The molecule has 0 spiro atoms. The molecule has 1 aromatic heterocycles. The highest BCUT2D eigenvalue weighted by Gasteiger charge is 2.24. The van der Waals surface area contributed by atoms with E-state index in [-0.39, 0.29) is 10.6 Å². The van der Waals surface area contributed by atoms with Crippen LogP contribution in [0.15, 0.2) is 29.3 Å². The van der Waals surface area contributed by atoms with Gasteiger partial charge in [0.2, 0.25) is 10.0 Å². The van der Waals surface area contributed by atoms with Crippen LogP contribution in [0, 0.1) is 6.92 Å². The van der Waals surface area contributed by atoms with Gasteiger partial charge in [-0.2, -0.15) is 5.10 Å². The summed E-state index contributed by atoms with van der Waals surface area (Å²) in [6.45, 7) is 6.43. The summed E-state index contributed by atoms with van der Waals surface area (Å²) < 4.78 is 40.2. The van der Waals surface area contributed by atoms with Crippen LogP contribution >= 0.6 is 0 Å². The van der Waals surface area contributed by atoms with E-state index >= 15 is 0 Å². The molecular weight excluding hydrogens is 330 g/mol. The van der Waals surface area contributed by atoms with Crippen LogP contribution in [0.2, 0.25) is 0 Å².